The van der Waals surface area contributed by atoms with E-state index in [-0.39, 0.29) is 30.8 Å². The van der Waals surface area contributed by atoms with Gasteiger partial charge >= 0.3 is 11.9 Å². The minimum atomic E-state index is -0.474. The molecule has 1 aromatic heterocycles. The van der Waals surface area contributed by atoms with E-state index in [1.54, 1.807) is 16.8 Å². The van der Waals surface area contributed by atoms with Gasteiger partial charge in [0.2, 0.25) is 5.91 Å². The van der Waals surface area contributed by atoms with E-state index in [9.17, 15) is 14.4 Å². The van der Waals surface area contributed by atoms with Crippen molar-refractivity contribution < 1.29 is 23.9 Å². The Morgan fingerprint density at radius 2 is 1.97 bits per heavy atom. The summed E-state index contributed by atoms with van der Waals surface area (Å²) in [5, 5.41) is 1.00. The van der Waals surface area contributed by atoms with Gasteiger partial charge in [-0.2, -0.15) is 0 Å². The molecule has 0 bridgehead atoms. The van der Waals surface area contributed by atoms with Crippen molar-refractivity contribution in [3.8, 4) is 0 Å². The van der Waals surface area contributed by atoms with Gasteiger partial charge in [0.05, 0.1) is 19.2 Å². The Bertz CT molecular complexity index is 1030. The molecule has 1 aliphatic heterocycles. The van der Waals surface area contributed by atoms with Crippen LogP contribution >= 0.6 is 0 Å². The lowest BCUT2D eigenvalue weighted by Crippen LogP contribution is -2.24. The maximum absolute atomic E-state index is 13.0. The first-order chi connectivity index (χ1) is 14.5. The molecule has 1 aliphatic rings. The highest BCUT2D eigenvalue weighted by atomic mass is 16.5. The van der Waals surface area contributed by atoms with Gasteiger partial charge in [-0.05, 0) is 23.8 Å². The number of carbonyl (C=O) groups is 3. The summed E-state index contributed by atoms with van der Waals surface area (Å²) in [4.78, 5) is 37.3. The monoisotopic (exact) mass is 408 g/mol. The number of esters is 2. The Labute approximate surface area is 174 Å². The molecule has 1 unspecified atom stereocenters. The van der Waals surface area contributed by atoms with Gasteiger partial charge in [0.1, 0.15) is 6.61 Å². The Morgan fingerprint density at radius 3 is 2.73 bits per heavy atom. The van der Waals surface area contributed by atoms with Crippen molar-refractivity contribution in [3.05, 3.63) is 72.7 Å². The topological polar surface area (TPSA) is 77.8 Å². The molecule has 7 nitrogen and oxygen atoms in total. The highest BCUT2D eigenvalue weighted by Crippen LogP contribution is 2.26. The van der Waals surface area contributed by atoms with Gasteiger partial charge in [-0.1, -0.05) is 24.3 Å². The van der Waals surface area contributed by atoms with Crippen LogP contribution in [0.4, 0.5) is 0 Å². The van der Waals surface area contributed by atoms with Gasteiger partial charge in [-0.15, -0.1) is 0 Å². The molecule has 30 heavy (non-hydrogen) atoms. The Kier molecular flexibility index (Phi) is 6.85. The van der Waals surface area contributed by atoms with Crippen LogP contribution < -0.4 is 0 Å². The third-order valence-corrected chi connectivity index (χ3v) is 4.78. The average molecular weight is 408 g/mol. The van der Waals surface area contributed by atoms with E-state index >= 15 is 0 Å². The summed E-state index contributed by atoms with van der Waals surface area (Å²) in [6, 6.07) is 9.62. The fourth-order valence-corrected chi connectivity index (χ4v) is 3.26. The molecular formula is C23H24N2O5. The van der Waals surface area contributed by atoms with Crippen LogP contribution in [0.3, 0.4) is 0 Å². The van der Waals surface area contributed by atoms with Gasteiger partial charge in [-0.25, -0.2) is 4.79 Å². The van der Waals surface area contributed by atoms with E-state index < -0.39 is 5.97 Å². The lowest BCUT2D eigenvalue weighted by molar-refractivity contribution is -0.141. The van der Waals surface area contributed by atoms with Crippen molar-refractivity contribution in [3.63, 3.8) is 0 Å². The number of methoxy groups -OCH3 is 1. The molecule has 0 N–H and O–H groups in total. The first-order valence-corrected chi connectivity index (χ1v) is 9.62. The molecule has 156 valence electrons. The second-order valence-electron chi connectivity index (χ2n) is 6.85. The van der Waals surface area contributed by atoms with E-state index in [1.807, 2.05) is 53.7 Å². The molecular weight excluding hydrogens is 384 g/mol. The van der Waals surface area contributed by atoms with Crippen LogP contribution in [0.1, 0.15) is 18.1 Å². The van der Waals surface area contributed by atoms with Crippen molar-refractivity contribution in [2.75, 3.05) is 20.3 Å². The van der Waals surface area contributed by atoms with E-state index in [2.05, 4.69) is 4.74 Å². The number of para-hydroxylation sites is 1. The lowest BCUT2D eigenvalue weighted by atomic mass is 9.93. The molecule has 2 aromatic rings. The lowest BCUT2D eigenvalue weighted by Gasteiger charge is -2.25. The first kappa shape index (κ1) is 21.1. The van der Waals surface area contributed by atoms with Gasteiger partial charge in [-0.3, -0.25) is 14.2 Å². The van der Waals surface area contributed by atoms with Crippen LogP contribution in [-0.2, 0) is 19.1 Å². The molecule has 0 saturated heterocycles. The van der Waals surface area contributed by atoms with Gasteiger partial charge in [0.15, 0.2) is 0 Å². The molecule has 2 heterocycles. The number of carbonyl (C=O) groups excluding carboxylic acids is 3. The number of fused-ring (bicyclic) bond motifs is 1. The van der Waals surface area contributed by atoms with Gasteiger partial charge in [0, 0.05) is 49.3 Å². The third-order valence-electron chi connectivity index (χ3n) is 4.78. The molecule has 0 fully saturated rings. The molecule has 1 atom stereocenters. The number of aromatic nitrogens is 1. The molecule has 0 amide bonds. The minimum Gasteiger partial charge on any atom is -0.466 e. The number of nitrogens with zero attached hydrogens (tertiary/aromatic N) is 2. The third kappa shape index (κ3) is 5.26. The van der Waals surface area contributed by atoms with Crippen LogP contribution in [0.15, 0.2) is 72.7 Å². The van der Waals surface area contributed by atoms with Crippen LogP contribution in [0.2, 0.25) is 0 Å². The highest BCUT2D eigenvalue weighted by molar-refractivity contribution is 5.92. The number of allylic oxidation sites excluding steroid dienone is 3. The Hall–Kier alpha value is -3.61. The van der Waals surface area contributed by atoms with E-state index in [4.69, 9.17) is 4.74 Å². The summed E-state index contributed by atoms with van der Waals surface area (Å²) < 4.78 is 11.3. The smallest absolute Gasteiger partial charge is 0.330 e. The first-order valence-electron chi connectivity index (χ1n) is 9.62. The number of benzene rings is 1. The molecule has 3 rings (SSSR count). The summed E-state index contributed by atoms with van der Waals surface area (Å²) in [5.41, 5.74) is 1.65. The summed E-state index contributed by atoms with van der Waals surface area (Å²) >= 11 is 0. The van der Waals surface area contributed by atoms with Crippen molar-refractivity contribution >= 4 is 28.7 Å². The molecule has 0 saturated carbocycles. The van der Waals surface area contributed by atoms with Crippen LogP contribution in [0.25, 0.3) is 10.9 Å². The van der Waals surface area contributed by atoms with E-state index in [1.165, 1.54) is 20.1 Å². The standard InChI is InChI=1S/C23H24N2O5/c1-17(26)30-14-13-24-11-9-19(20(16-24)7-8-23(28)29-2)15-22(27)25-12-10-18-5-3-4-6-21(18)25/h3-12,16,19H,13-15H2,1-2H3/b8-7-. The Balaban J connectivity index is 1.76. The maximum atomic E-state index is 13.0. The fourth-order valence-electron chi connectivity index (χ4n) is 3.26. The zero-order valence-electron chi connectivity index (χ0n) is 17.0. The summed E-state index contributed by atoms with van der Waals surface area (Å²) in [6.07, 6.45) is 10.6. The predicted octanol–water partition coefficient (Wildman–Crippen LogP) is 3.29. The predicted molar refractivity (Wildman–Crippen MR) is 112 cm³/mol. The largest absolute Gasteiger partial charge is 0.466 e. The molecule has 0 spiro atoms. The van der Waals surface area contributed by atoms with Crippen LogP contribution in [-0.4, -0.2) is 47.6 Å². The zero-order chi connectivity index (χ0) is 21.5. The number of ether oxygens (including phenoxy) is 2. The normalized spacial score (nSPS) is 16.0. The zero-order valence-corrected chi connectivity index (χ0v) is 17.0. The van der Waals surface area contributed by atoms with Gasteiger partial charge < -0.3 is 14.4 Å². The van der Waals surface area contributed by atoms with E-state index in [0.717, 1.165) is 16.5 Å². The van der Waals surface area contributed by atoms with Crippen LogP contribution in [0.5, 0.6) is 0 Å². The van der Waals surface area contributed by atoms with Crippen molar-refractivity contribution in [2.24, 2.45) is 5.92 Å². The second-order valence-corrected chi connectivity index (χ2v) is 6.85. The molecule has 7 heteroatoms. The maximum Gasteiger partial charge on any atom is 0.330 e. The molecule has 1 aromatic carbocycles. The van der Waals surface area contributed by atoms with Crippen molar-refractivity contribution in [1.29, 1.82) is 0 Å². The second kappa shape index (κ2) is 9.73. The summed E-state index contributed by atoms with van der Waals surface area (Å²) in [5.74, 6) is -1.06. The molecule has 0 aliphatic carbocycles. The van der Waals surface area contributed by atoms with Crippen LogP contribution in [0, 0.1) is 5.92 Å². The average Bonchev–Trinajstić information content (AvgIpc) is 3.17. The number of hydrogen-bond donors (Lipinski definition) is 0. The van der Waals surface area contributed by atoms with Gasteiger partial charge in [0.25, 0.3) is 0 Å². The summed E-state index contributed by atoms with van der Waals surface area (Å²) in [6.45, 7) is 2.07. The molecule has 0 radical (unpaired) electrons. The minimum absolute atomic E-state index is 0.0448. The summed E-state index contributed by atoms with van der Waals surface area (Å²) in [7, 11) is 1.31. The number of hydrogen-bond acceptors (Lipinski definition) is 6. The SMILES string of the molecule is COC(=O)/C=C\C1=CN(CCOC(C)=O)C=CC1CC(=O)n1ccc2ccccc21. The van der Waals surface area contributed by atoms with Crippen molar-refractivity contribution in [1.82, 2.24) is 9.47 Å². The quantitative estimate of drug-likeness (QED) is 0.517. The fraction of sp³-hybridized carbons (Fsp3) is 0.261. The Morgan fingerprint density at radius 1 is 1.17 bits per heavy atom. The van der Waals surface area contributed by atoms with E-state index in [0.29, 0.717) is 6.54 Å². The highest BCUT2D eigenvalue weighted by Gasteiger charge is 2.20. The number of rotatable bonds is 7. The van der Waals surface area contributed by atoms with Crippen molar-refractivity contribution in [2.45, 2.75) is 13.3 Å².